The molecular formula is C43H56Cl2SiZr. The Kier molecular flexibility index (Phi) is 18.4. The van der Waals surface area contributed by atoms with E-state index in [0.29, 0.717) is 11.8 Å². The second kappa shape index (κ2) is 21.6. The summed E-state index contributed by atoms with van der Waals surface area (Å²) < 4.78 is 0. The molecule has 1 fully saturated rings. The summed E-state index contributed by atoms with van der Waals surface area (Å²) in [6.07, 6.45) is 11.8. The number of aryl methyl sites for hydroxylation is 1. The van der Waals surface area contributed by atoms with Crippen molar-refractivity contribution in [2.45, 2.75) is 123 Å². The van der Waals surface area contributed by atoms with Crippen molar-refractivity contribution < 1.29 is 20.8 Å². The quantitative estimate of drug-likeness (QED) is 0.109. The molecule has 5 aromatic rings. The average Bonchev–Trinajstić information content (AvgIpc) is 3.74. The molecule has 1 aliphatic carbocycles. The van der Waals surface area contributed by atoms with Gasteiger partial charge in [-0.15, -0.1) is 69.1 Å². The Hall–Kier alpha value is -1.44. The molecule has 1 aliphatic rings. The molecule has 0 nitrogen and oxygen atoms in total. The monoisotopic (exact) mass is 760 g/mol. The first-order valence-electron chi connectivity index (χ1n) is 17.9. The van der Waals surface area contributed by atoms with Gasteiger partial charge in [0.15, 0.2) is 0 Å². The predicted molar refractivity (Wildman–Crippen MR) is 211 cm³/mol. The van der Waals surface area contributed by atoms with E-state index in [-0.39, 0.29) is 0 Å². The topological polar surface area (TPSA) is 0 Å². The van der Waals surface area contributed by atoms with Crippen LogP contribution in [-0.2, 0) is 27.3 Å². The second-order valence-electron chi connectivity index (χ2n) is 13.2. The third kappa shape index (κ3) is 11.6. The van der Waals surface area contributed by atoms with Crippen LogP contribution in [-0.4, -0.2) is 9.52 Å². The maximum atomic E-state index is 4.93. The van der Waals surface area contributed by atoms with Gasteiger partial charge in [-0.05, 0) is 54.6 Å². The molecule has 0 bridgehead atoms. The Labute approximate surface area is 308 Å². The van der Waals surface area contributed by atoms with Crippen LogP contribution in [0.5, 0.6) is 0 Å². The third-order valence-electron chi connectivity index (χ3n) is 9.76. The molecule has 0 heterocycles. The van der Waals surface area contributed by atoms with Crippen molar-refractivity contribution in [2.24, 2.45) is 0 Å². The number of benzene rings is 3. The van der Waals surface area contributed by atoms with E-state index in [1.807, 2.05) is 0 Å². The van der Waals surface area contributed by atoms with Crippen LogP contribution in [0.15, 0.2) is 84.9 Å². The average molecular weight is 763 g/mol. The van der Waals surface area contributed by atoms with Crippen molar-refractivity contribution in [3.8, 4) is 11.1 Å². The van der Waals surface area contributed by atoms with E-state index >= 15 is 0 Å². The molecule has 2 atom stereocenters. The Morgan fingerprint density at radius 2 is 1.40 bits per heavy atom. The number of halogens is 2. The maximum absolute atomic E-state index is 4.93. The van der Waals surface area contributed by atoms with Gasteiger partial charge in [0.1, 0.15) is 0 Å². The molecule has 6 rings (SSSR count). The van der Waals surface area contributed by atoms with E-state index in [1.165, 1.54) is 106 Å². The fraction of sp³-hybridized carbons (Fsp3) is 0.442. The summed E-state index contributed by atoms with van der Waals surface area (Å²) >= 11 is -0.826. The Morgan fingerprint density at radius 3 is 2.00 bits per heavy atom. The molecule has 0 N–H and O–H groups in total. The Morgan fingerprint density at radius 1 is 0.787 bits per heavy atom. The zero-order chi connectivity index (χ0) is 34.2. The van der Waals surface area contributed by atoms with Gasteiger partial charge in [0.2, 0.25) is 0 Å². The zero-order valence-corrected chi connectivity index (χ0v) is 34.9. The number of hydrogen-bond acceptors (Lipinski definition) is 0. The molecular weight excluding hydrogens is 707 g/mol. The second-order valence-corrected chi connectivity index (χ2v) is 17.9. The number of fused-ring (bicyclic) bond motifs is 2. The molecule has 0 aliphatic heterocycles. The van der Waals surface area contributed by atoms with E-state index < -0.39 is 20.8 Å². The summed E-state index contributed by atoms with van der Waals surface area (Å²) in [4.78, 5) is 0. The molecule has 1 saturated carbocycles. The van der Waals surface area contributed by atoms with Crippen molar-refractivity contribution in [3.63, 3.8) is 0 Å². The molecule has 0 spiro atoms. The molecule has 4 heteroatoms. The van der Waals surface area contributed by atoms with Gasteiger partial charge in [-0.1, -0.05) is 127 Å². The van der Waals surface area contributed by atoms with Gasteiger partial charge in [0.05, 0.1) is 0 Å². The van der Waals surface area contributed by atoms with Crippen molar-refractivity contribution in [3.05, 3.63) is 107 Å². The fourth-order valence-electron chi connectivity index (χ4n) is 6.94. The first-order chi connectivity index (χ1) is 22.8. The van der Waals surface area contributed by atoms with Crippen molar-refractivity contribution in [1.29, 1.82) is 0 Å². The van der Waals surface area contributed by atoms with Crippen molar-refractivity contribution in [2.75, 3.05) is 0 Å². The van der Waals surface area contributed by atoms with Crippen LogP contribution in [0.1, 0.15) is 126 Å². The molecule has 2 unspecified atom stereocenters. The predicted octanol–water partition coefficient (Wildman–Crippen LogP) is 15.0. The summed E-state index contributed by atoms with van der Waals surface area (Å²) in [5.41, 5.74) is 8.73. The van der Waals surface area contributed by atoms with Gasteiger partial charge in [0, 0.05) is 9.52 Å². The fourth-order valence-corrected chi connectivity index (χ4v) is 6.94. The minimum absolute atomic E-state index is 0.658. The standard InChI is InChI=1S/C23H25.C18H25.C2H6Si.2ClH.Zr/c1-2-17-15-21-9-6-10-22(23(21)16-17)20-13-11-19(12-14-20)18-7-4-3-5-8-18;1-5-8-14(4)16-11-15-9-7-10-17(13(3)6-2)18(15)12-16;1-3-2;;;/h6,9-16,18H,2-5,7-8H2,1H3;7,9-14H,5-6,8H2,1-4H3;1-2H3;2*1H;/q2*-1;;;;+4/p-2. The van der Waals surface area contributed by atoms with Gasteiger partial charge >= 0.3 is 37.9 Å². The van der Waals surface area contributed by atoms with Crippen molar-refractivity contribution >= 4 is 48.1 Å². The Balaban J connectivity index is 0.000000224. The van der Waals surface area contributed by atoms with Gasteiger partial charge in [-0.3, -0.25) is 0 Å². The molecule has 2 radical (unpaired) electrons. The van der Waals surface area contributed by atoms with Crippen LogP contribution >= 0.6 is 17.0 Å². The third-order valence-corrected chi connectivity index (χ3v) is 9.76. The summed E-state index contributed by atoms with van der Waals surface area (Å²) in [7, 11) is 11.0. The van der Waals surface area contributed by atoms with Crippen molar-refractivity contribution in [1.82, 2.24) is 0 Å². The normalized spacial score (nSPS) is 14.1. The van der Waals surface area contributed by atoms with Gasteiger partial charge in [-0.25, -0.2) is 0 Å². The van der Waals surface area contributed by atoms with Crippen LogP contribution < -0.4 is 0 Å². The zero-order valence-electron chi connectivity index (χ0n) is 29.9. The van der Waals surface area contributed by atoms with Gasteiger partial charge in [0.25, 0.3) is 0 Å². The van der Waals surface area contributed by atoms with E-state index in [9.17, 15) is 0 Å². The number of rotatable bonds is 8. The van der Waals surface area contributed by atoms with Crippen LogP contribution in [0.2, 0.25) is 13.1 Å². The van der Waals surface area contributed by atoms with E-state index in [2.05, 4.69) is 133 Å². The SMILES string of the molecule is CCCC(C)c1cc2c(C(C)CC)cccc2[cH-]1.CCc1cc2c(-c3ccc(C4CCCCC4)cc3)cccc2[cH-]1.C[Si]C.[Cl][Zr+2][Cl]. The van der Waals surface area contributed by atoms with Crippen LogP contribution in [0.4, 0.5) is 0 Å². The van der Waals surface area contributed by atoms with Crippen LogP contribution in [0.3, 0.4) is 0 Å². The van der Waals surface area contributed by atoms with Crippen LogP contribution in [0.25, 0.3) is 32.7 Å². The first-order valence-corrected chi connectivity index (χ1v) is 26.2. The van der Waals surface area contributed by atoms with Gasteiger partial charge in [-0.2, -0.15) is 12.1 Å². The van der Waals surface area contributed by atoms with E-state index in [4.69, 9.17) is 17.0 Å². The van der Waals surface area contributed by atoms with E-state index in [1.54, 1.807) is 0 Å². The number of hydrogen-bond donors (Lipinski definition) is 0. The molecule has 0 aromatic heterocycles. The molecule has 47 heavy (non-hydrogen) atoms. The summed E-state index contributed by atoms with van der Waals surface area (Å²) in [6, 6.07) is 32.3. The first kappa shape index (κ1) is 40.0. The molecule has 250 valence electrons. The van der Waals surface area contributed by atoms with Gasteiger partial charge < -0.3 is 0 Å². The molecule has 0 amide bonds. The van der Waals surface area contributed by atoms with E-state index in [0.717, 1.165) is 21.9 Å². The van der Waals surface area contributed by atoms with Crippen LogP contribution in [0, 0.1) is 0 Å². The Bertz CT molecular complexity index is 1570. The minimum atomic E-state index is -0.826. The summed E-state index contributed by atoms with van der Waals surface area (Å²) in [5, 5.41) is 5.67. The summed E-state index contributed by atoms with van der Waals surface area (Å²) in [5.74, 6) is 2.14. The summed E-state index contributed by atoms with van der Waals surface area (Å²) in [6.45, 7) is 15.8. The molecule has 5 aromatic carbocycles. The molecule has 0 saturated heterocycles.